The number of benzene rings is 1. The lowest BCUT2D eigenvalue weighted by molar-refractivity contribution is 0.0749. The third-order valence-electron chi connectivity index (χ3n) is 3.58. The summed E-state index contributed by atoms with van der Waals surface area (Å²) in [6, 6.07) is 9.59. The van der Waals surface area contributed by atoms with Crippen molar-refractivity contribution in [2.75, 3.05) is 0 Å². The number of para-hydroxylation sites is 1. The Hall–Kier alpha value is -2.08. The zero-order chi connectivity index (χ0) is 11.9. The molecule has 0 saturated heterocycles. The molecule has 1 heterocycles. The average molecular weight is 225 g/mol. The van der Waals surface area contributed by atoms with Crippen molar-refractivity contribution in [3.8, 4) is 6.07 Å². The molecule has 84 valence electrons. The first-order valence-corrected chi connectivity index (χ1v) is 5.69. The molecule has 1 aliphatic carbocycles. The first-order chi connectivity index (χ1) is 8.27. The van der Waals surface area contributed by atoms with Gasteiger partial charge in [-0.3, -0.25) is 4.79 Å². The van der Waals surface area contributed by atoms with Gasteiger partial charge in [0.25, 0.3) is 0 Å². The molecule has 0 amide bonds. The maximum absolute atomic E-state index is 12.4. The van der Waals surface area contributed by atoms with Crippen molar-refractivity contribution >= 4 is 16.8 Å². The van der Waals surface area contributed by atoms with E-state index in [0.29, 0.717) is 24.0 Å². The Morgan fingerprint density at radius 3 is 2.76 bits per heavy atom. The SMILES string of the molecule is N#CC1(C(=O)c2coc3ccccc23)CCC1. The number of hydrogen-bond donors (Lipinski definition) is 0. The van der Waals surface area contributed by atoms with Crippen molar-refractivity contribution in [3.05, 3.63) is 36.1 Å². The van der Waals surface area contributed by atoms with Crippen molar-refractivity contribution < 1.29 is 9.21 Å². The van der Waals surface area contributed by atoms with Crippen LogP contribution in [0, 0.1) is 16.7 Å². The van der Waals surface area contributed by atoms with Crippen molar-refractivity contribution in [3.63, 3.8) is 0 Å². The van der Waals surface area contributed by atoms with Crippen LogP contribution in [0.25, 0.3) is 11.0 Å². The van der Waals surface area contributed by atoms with Crippen molar-refractivity contribution in [1.82, 2.24) is 0 Å². The van der Waals surface area contributed by atoms with Crippen LogP contribution < -0.4 is 0 Å². The zero-order valence-electron chi connectivity index (χ0n) is 9.27. The van der Waals surface area contributed by atoms with Gasteiger partial charge in [0.2, 0.25) is 0 Å². The van der Waals surface area contributed by atoms with Crippen LogP contribution in [0.4, 0.5) is 0 Å². The Morgan fingerprint density at radius 2 is 2.12 bits per heavy atom. The van der Waals surface area contributed by atoms with E-state index in [2.05, 4.69) is 6.07 Å². The second-order valence-corrected chi connectivity index (χ2v) is 4.52. The minimum Gasteiger partial charge on any atom is -0.464 e. The first-order valence-electron chi connectivity index (χ1n) is 5.69. The Labute approximate surface area is 98.6 Å². The highest BCUT2D eigenvalue weighted by Crippen LogP contribution is 2.44. The molecule has 3 heteroatoms. The number of nitriles is 1. The first kappa shape index (κ1) is 10.1. The van der Waals surface area contributed by atoms with E-state index in [1.165, 1.54) is 6.26 Å². The number of carbonyl (C=O) groups is 1. The molecule has 0 atom stereocenters. The summed E-state index contributed by atoms with van der Waals surface area (Å²) in [7, 11) is 0. The van der Waals surface area contributed by atoms with E-state index in [0.717, 1.165) is 11.8 Å². The van der Waals surface area contributed by atoms with Crippen molar-refractivity contribution in [2.45, 2.75) is 19.3 Å². The van der Waals surface area contributed by atoms with E-state index in [1.807, 2.05) is 24.3 Å². The quantitative estimate of drug-likeness (QED) is 0.737. The molecule has 0 spiro atoms. The van der Waals surface area contributed by atoms with E-state index >= 15 is 0 Å². The Kier molecular flexibility index (Phi) is 2.05. The third kappa shape index (κ3) is 1.31. The van der Waals surface area contributed by atoms with Crippen LogP contribution in [-0.4, -0.2) is 5.78 Å². The van der Waals surface area contributed by atoms with Gasteiger partial charge in [0.15, 0.2) is 5.78 Å². The Bertz CT molecular complexity index is 629. The summed E-state index contributed by atoms with van der Waals surface area (Å²) in [6.07, 6.45) is 3.77. The minimum absolute atomic E-state index is 0.0869. The molecule has 3 nitrogen and oxygen atoms in total. The lowest BCUT2D eigenvalue weighted by atomic mass is 9.65. The fourth-order valence-electron chi connectivity index (χ4n) is 2.33. The van der Waals surface area contributed by atoms with E-state index in [9.17, 15) is 10.1 Å². The highest BCUT2D eigenvalue weighted by molar-refractivity contribution is 6.11. The van der Waals surface area contributed by atoms with Crippen LogP contribution in [0.15, 0.2) is 34.9 Å². The van der Waals surface area contributed by atoms with Gasteiger partial charge >= 0.3 is 0 Å². The molecular weight excluding hydrogens is 214 g/mol. The Balaban J connectivity index is 2.11. The van der Waals surface area contributed by atoms with Gasteiger partial charge in [0.05, 0.1) is 11.6 Å². The van der Waals surface area contributed by atoms with E-state index in [4.69, 9.17) is 4.42 Å². The maximum Gasteiger partial charge on any atom is 0.186 e. The zero-order valence-corrected chi connectivity index (χ0v) is 9.27. The monoisotopic (exact) mass is 225 g/mol. The number of Topliss-reactive ketones (excluding diaryl/α,β-unsaturated/α-hetero) is 1. The lowest BCUT2D eigenvalue weighted by Gasteiger charge is -2.32. The topological polar surface area (TPSA) is 54.0 Å². The number of nitrogens with zero attached hydrogens (tertiary/aromatic N) is 1. The number of carbonyl (C=O) groups excluding carboxylic acids is 1. The van der Waals surface area contributed by atoms with E-state index in [-0.39, 0.29) is 5.78 Å². The minimum atomic E-state index is -0.799. The van der Waals surface area contributed by atoms with Gasteiger partial charge in [0.1, 0.15) is 17.3 Å². The predicted molar refractivity (Wildman–Crippen MR) is 62.4 cm³/mol. The highest BCUT2D eigenvalue weighted by Gasteiger charge is 2.45. The van der Waals surface area contributed by atoms with Crippen molar-refractivity contribution in [1.29, 1.82) is 5.26 Å². The standard InChI is InChI=1S/C14H11NO2/c15-9-14(6-3-7-14)13(16)11-8-17-12-5-2-1-4-10(11)12/h1-2,4-5,8H,3,6-7H2. The van der Waals surface area contributed by atoms with Gasteiger partial charge in [0, 0.05) is 5.39 Å². The van der Waals surface area contributed by atoms with Gasteiger partial charge in [-0.15, -0.1) is 0 Å². The molecule has 2 aromatic rings. The normalized spacial score (nSPS) is 17.4. The number of ketones is 1. The summed E-state index contributed by atoms with van der Waals surface area (Å²) in [5, 5.41) is 9.98. The van der Waals surface area contributed by atoms with Gasteiger partial charge in [-0.1, -0.05) is 18.2 Å². The molecule has 1 aromatic carbocycles. The van der Waals surface area contributed by atoms with E-state index < -0.39 is 5.41 Å². The number of furan rings is 1. The van der Waals surface area contributed by atoms with Crippen LogP contribution >= 0.6 is 0 Å². The number of rotatable bonds is 2. The largest absolute Gasteiger partial charge is 0.464 e. The molecule has 17 heavy (non-hydrogen) atoms. The molecule has 0 aliphatic heterocycles. The molecule has 0 bridgehead atoms. The molecule has 1 fully saturated rings. The van der Waals surface area contributed by atoms with Crippen molar-refractivity contribution in [2.24, 2.45) is 5.41 Å². The Morgan fingerprint density at radius 1 is 1.35 bits per heavy atom. The van der Waals surface area contributed by atoms with Crippen LogP contribution in [0.3, 0.4) is 0 Å². The fourth-order valence-corrected chi connectivity index (χ4v) is 2.33. The van der Waals surface area contributed by atoms with Crippen LogP contribution in [0.2, 0.25) is 0 Å². The summed E-state index contributed by atoms with van der Waals surface area (Å²) >= 11 is 0. The smallest absolute Gasteiger partial charge is 0.186 e. The van der Waals surface area contributed by atoms with Gasteiger partial charge in [-0.2, -0.15) is 5.26 Å². The molecule has 1 aromatic heterocycles. The average Bonchev–Trinajstić information content (AvgIpc) is 2.71. The maximum atomic E-state index is 12.4. The molecule has 1 aliphatic rings. The molecular formula is C14H11NO2. The van der Waals surface area contributed by atoms with Crippen LogP contribution in [0.5, 0.6) is 0 Å². The van der Waals surface area contributed by atoms with Gasteiger partial charge in [-0.05, 0) is 25.3 Å². The second kappa shape index (κ2) is 3.46. The molecule has 0 N–H and O–H groups in total. The summed E-state index contributed by atoms with van der Waals surface area (Å²) in [5.74, 6) is -0.0869. The number of fused-ring (bicyclic) bond motifs is 1. The summed E-state index contributed by atoms with van der Waals surface area (Å²) < 4.78 is 5.35. The third-order valence-corrected chi connectivity index (χ3v) is 3.58. The van der Waals surface area contributed by atoms with Gasteiger partial charge < -0.3 is 4.42 Å². The van der Waals surface area contributed by atoms with Crippen LogP contribution in [-0.2, 0) is 0 Å². The summed E-state index contributed by atoms with van der Waals surface area (Å²) in [5.41, 5.74) is 0.442. The summed E-state index contributed by atoms with van der Waals surface area (Å²) in [6.45, 7) is 0. The van der Waals surface area contributed by atoms with Crippen LogP contribution in [0.1, 0.15) is 29.6 Å². The second-order valence-electron chi connectivity index (χ2n) is 4.52. The fraction of sp³-hybridized carbons (Fsp3) is 0.286. The molecule has 0 radical (unpaired) electrons. The molecule has 0 unspecified atom stereocenters. The summed E-state index contributed by atoms with van der Waals surface area (Å²) in [4.78, 5) is 12.4. The highest BCUT2D eigenvalue weighted by atomic mass is 16.3. The molecule has 3 rings (SSSR count). The lowest BCUT2D eigenvalue weighted by Crippen LogP contribution is -2.36. The predicted octanol–water partition coefficient (Wildman–Crippen LogP) is 3.31. The van der Waals surface area contributed by atoms with Gasteiger partial charge in [-0.25, -0.2) is 0 Å². The number of hydrogen-bond acceptors (Lipinski definition) is 3. The molecule has 1 saturated carbocycles. The van der Waals surface area contributed by atoms with E-state index in [1.54, 1.807) is 0 Å².